The highest BCUT2D eigenvalue weighted by Gasteiger charge is 2.30. The van der Waals surface area contributed by atoms with Gasteiger partial charge in [-0.1, -0.05) is 23.7 Å². The van der Waals surface area contributed by atoms with Crippen molar-refractivity contribution in [2.24, 2.45) is 5.73 Å². The summed E-state index contributed by atoms with van der Waals surface area (Å²) in [5.74, 6) is 0.839. The van der Waals surface area contributed by atoms with E-state index < -0.39 is 11.0 Å². The summed E-state index contributed by atoms with van der Waals surface area (Å²) in [6.07, 6.45) is 0. The highest BCUT2D eigenvalue weighted by molar-refractivity contribution is 6.30. The predicted molar refractivity (Wildman–Crippen MR) is 104 cm³/mol. The van der Waals surface area contributed by atoms with Gasteiger partial charge in [-0.15, -0.1) is 0 Å². The van der Waals surface area contributed by atoms with Crippen molar-refractivity contribution in [3.63, 3.8) is 0 Å². The van der Waals surface area contributed by atoms with Gasteiger partial charge in [-0.2, -0.15) is 10.4 Å². The van der Waals surface area contributed by atoms with Crippen molar-refractivity contribution >= 4 is 23.1 Å². The summed E-state index contributed by atoms with van der Waals surface area (Å²) in [6.45, 7) is 0. The van der Waals surface area contributed by atoms with Crippen LogP contribution in [0.2, 0.25) is 5.02 Å². The SMILES string of the molecule is N#CC1=C(N)Nc2cc(-c3ccc(Cl)cc3)nn2C1c1ccc([N+](=O)[O-])cc1. The number of halogens is 1. The standard InChI is InChI=1S/C19H13ClN6O2/c20-13-5-1-11(2-6-13)16-9-17-23-19(22)15(10-21)18(25(17)24-16)12-3-7-14(8-4-12)26(27)28/h1-9,18,23H,22H2. The van der Waals surface area contributed by atoms with Gasteiger partial charge in [0.05, 0.1) is 16.2 Å². The van der Waals surface area contributed by atoms with E-state index in [9.17, 15) is 15.4 Å². The Morgan fingerprint density at radius 2 is 1.89 bits per heavy atom. The molecule has 138 valence electrons. The molecule has 0 spiro atoms. The first-order valence-electron chi connectivity index (χ1n) is 8.24. The molecule has 1 atom stereocenters. The topological polar surface area (TPSA) is 123 Å². The number of nitro groups is 1. The van der Waals surface area contributed by atoms with Crippen molar-refractivity contribution < 1.29 is 4.92 Å². The molecular weight excluding hydrogens is 380 g/mol. The van der Waals surface area contributed by atoms with E-state index in [2.05, 4.69) is 16.5 Å². The summed E-state index contributed by atoms with van der Waals surface area (Å²) in [5, 5.41) is 28.8. The maximum atomic E-state index is 10.9. The third-order valence-corrected chi connectivity index (χ3v) is 4.74. The van der Waals surface area contributed by atoms with Gasteiger partial charge >= 0.3 is 0 Å². The monoisotopic (exact) mass is 392 g/mol. The molecule has 2 aromatic carbocycles. The fourth-order valence-electron chi connectivity index (χ4n) is 3.13. The van der Waals surface area contributed by atoms with Crippen molar-refractivity contribution in [3.8, 4) is 17.3 Å². The van der Waals surface area contributed by atoms with E-state index in [1.807, 2.05) is 18.2 Å². The molecule has 0 saturated heterocycles. The Labute approximate surface area is 164 Å². The molecule has 8 nitrogen and oxygen atoms in total. The van der Waals surface area contributed by atoms with Gasteiger partial charge in [-0.3, -0.25) is 10.1 Å². The van der Waals surface area contributed by atoms with Gasteiger partial charge in [-0.25, -0.2) is 4.68 Å². The van der Waals surface area contributed by atoms with E-state index in [1.165, 1.54) is 12.1 Å². The molecule has 1 aliphatic rings. The van der Waals surface area contributed by atoms with E-state index in [0.717, 1.165) is 5.56 Å². The first-order valence-corrected chi connectivity index (χ1v) is 8.62. The average Bonchev–Trinajstić information content (AvgIpc) is 3.10. The van der Waals surface area contributed by atoms with Gasteiger partial charge in [0, 0.05) is 28.8 Å². The van der Waals surface area contributed by atoms with Crippen LogP contribution in [0.1, 0.15) is 11.6 Å². The molecule has 0 amide bonds. The molecule has 1 aromatic heterocycles. The number of hydrogen-bond donors (Lipinski definition) is 2. The zero-order valence-electron chi connectivity index (χ0n) is 14.3. The summed E-state index contributed by atoms with van der Waals surface area (Å²) in [4.78, 5) is 10.5. The van der Waals surface area contributed by atoms with E-state index in [1.54, 1.807) is 28.9 Å². The molecule has 0 fully saturated rings. The van der Waals surface area contributed by atoms with Gasteiger partial charge in [0.1, 0.15) is 23.7 Å². The minimum absolute atomic E-state index is 0.0318. The van der Waals surface area contributed by atoms with E-state index in [4.69, 9.17) is 17.3 Å². The van der Waals surface area contributed by atoms with Crippen LogP contribution in [0.15, 0.2) is 66.0 Å². The number of allylic oxidation sites excluding steroid dienone is 1. The van der Waals surface area contributed by atoms with Crippen LogP contribution in [0.25, 0.3) is 11.3 Å². The van der Waals surface area contributed by atoms with Crippen molar-refractivity contribution in [1.82, 2.24) is 9.78 Å². The number of non-ortho nitro benzene ring substituents is 1. The summed E-state index contributed by atoms with van der Waals surface area (Å²) in [6, 6.07) is 16.6. The molecule has 4 rings (SSSR count). The van der Waals surface area contributed by atoms with Crippen molar-refractivity contribution in [3.05, 3.63) is 86.7 Å². The quantitative estimate of drug-likeness (QED) is 0.516. The second-order valence-electron chi connectivity index (χ2n) is 6.18. The van der Waals surface area contributed by atoms with Gasteiger partial charge in [-0.05, 0) is 29.8 Å². The number of nitrogens with one attached hydrogen (secondary N) is 1. The molecule has 1 unspecified atom stereocenters. The summed E-state index contributed by atoms with van der Waals surface area (Å²) in [7, 11) is 0. The number of benzene rings is 2. The third kappa shape index (κ3) is 2.94. The maximum Gasteiger partial charge on any atom is 0.269 e. The Bertz CT molecular complexity index is 1140. The third-order valence-electron chi connectivity index (χ3n) is 4.49. The van der Waals surface area contributed by atoms with Gasteiger partial charge < -0.3 is 11.1 Å². The number of nitrogens with zero attached hydrogens (tertiary/aromatic N) is 4. The molecule has 0 saturated carbocycles. The number of nitrogens with two attached hydrogens (primary N) is 1. The van der Waals surface area contributed by atoms with Gasteiger partial charge in [0.25, 0.3) is 5.69 Å². The van der Waals surface area contributed by atoms with E-state index in [-0.39, 0.29) is 17.1 Å². The second kappa shape index (κ2) is 6.72. The van der Waals surface area contributed by atoms with Crippen LogP contribution in [0, 0.1) is 21.4 Å². The van der Waals surface area contributed by atoms with Crippen LogP contribution in [0.5, 0.6) is 0 Å². The highest BCUT2D eigenvalue weighted by atomic mass is 35.5. The van der Waals surface area contributed by atoms with Crippen LogP contribution in [0.3, 0.4) is 0 Å². The maximum absolute atomic E-state index is 10.9. The molecule has 2 heterocycles. The Morgan fingerprint density at radius 3 is 2.50 bits per heavy atom. The van der Waals surface area contributed by atoms with Crippen molar-refractivity contribution in [2.45, 2.75) is 6.04 Å². The Balaban J connectivity index is 1.82. The summed E-state index contributed by atoms with van der Waals surface area (Å²) >= 11 is 5.95. The van der Waals surface area contributed by atoms with Crippen LogP contribution in [-0.2, 0) is 0 Å². The molecular formula is C19H13ClN6O2. The number of fused-ring (bicyclic) bond motifs is 1. The van der Waals surface area contributed by atoms with Crippen LogP contribution in [-0.4, -0.2) is 14.7 Å². The number of anilines is 1. The normalized spacial score (nSPS) is 15.5. The Morgan fingerprint density at radius 1 is 1.21 bits per heavy atom. The zero-order chi connectivity index (χ0) is 19.8. The molecule has 3 aromatic rings. The Hall–Kier alpha value is -3.83. The van der Waals surface area contributed by atoms with Crippen LogP contribution in [0.4, 0.5) is 11.5 Å². The average molecular weight is 393 g/mol. The van der Waals surface area contributed by atoms with E-state index >= 15 is 0 Å². The largest absolute Gasteiger partial charge is 0.384 e. The van der Waals surface area contributed by atoms with Crippen LogP contribution < -0.4 is 11.1 Å². The van der Waals surface area contributed by atoms with Crippen LogP contribution >= 0.6 is 11.6 Å². The van der Waals surface area contributed by atoms with Gasteiger partial charge in [0.15, 0.2) is 0 Å². The smallest absolute Gasteiger partial charge is 0.269 e. The number of hydrogen-bond acceptors (Lipinski definition) is 6. The molecule has 0 bridgehead atoms. The zero-order valence-corrected chi connectivity index (χ0v) is 15.1. The number of rotatable bonds is 3. The first-order chi connectivity index (χ1) is 13.5. The minimum Gasteiger partial charge on any atom is -0.384 e. The molecule has 1 aliphatic heterocycles. The lowest BCUT2D eigenvalue weighted by molar-refractivity contribution is -0.384. The fraction of sp³-hybridized carbons (Fsp3) is 0.0526. The van der Waals surface area contributed by atoms with Gasteiger partial charge in [0.2, 0.25) is 0 Å². The lowest BCUT2D eigenvalue weighted by Crippen LogP contribution is -2.28. The number of aromatic nitrogens is 2. The first kappa shape index (κ1) is 17.6. The second-order valence-corrected chi connectivity index (χ2v) is 6.62. The Kier molecular flexibility index (Phi) is 4.22. The number of nitro benzene ring substituents is 1. The van der Waals surface area contributed by atoms with E-state index in [0.29, 0.717) is 22.1 Å². The fourth-order valence-corrected chi connectivity index (χ4v) is 3.25. The molecule has 9 heteroatoms. The summed E-state index contributed by atoms with van der Waals surface area (Å²) < 4.78 is 1.65. The summed E-state index contributed by atoms with van der Waals surface area (Å²) in [5.41, 5.74) is 8.51. The lowest BCUT2D eigenvalue weighted by Gasteiger charge is -2.26. The van der Waals surface area contributed by atoms with Crippen molar-refractivity contribution in [2.75, 3.05) is 5.32 Å². The highest BCUT2D eigenvalue weighted by Crippen LogP contribution is 2.37. The lowest BCUT2D eigenvalue weighted by atomic mass is 9.98. The number of nitriles is 1. The molecule has 0 radical (unpaired) electrons. The molecule has 3 N–H and O–H groups in total. The molecule has 28 heavy (non-hydrogen) atoms. The predicted octanol–water partition coefficient (Wildman–Crippen LogP) is 3.82. The minimum atomic E-state index is -0.594. The molecule has 0 aliphatic carbocycles. The van der Waals surface area contributed by atoms with Crippen molar-refractivity contribution in [1.29, 1.82) is 5.26 Å².